The highest BCUT2D eigenvalue weighted by Crippen LogP contribution is 2.12. The van der Waals surface area contributed by atoms with E-state index in [4.69, 9.17) is 0 Å². The smallest absolute Gasteiger partial charge is 0.315 e. The number of nitrogens with zero attached hydrogens (tertiary/aromatic N) is 1. The Balaban J connectivity index is 2.45. The van der Waals surface area contributed by atoms with Crippen molar-refractivity contribution in [1.29, 1.82) is 0 Å². The molecule has 1 unspecified atom stereocenters. The maximum atomic E-state index is 11.4. The van der Waals surface area contributed by atoms with Crippen LogP contribution >= 0.6 is 0 Å². The van der Waals surface area contributed by atoms with Crippen molar-refractivity contribution < 1.29 is 13.2 Å². The molecule has 1 rings (SSSR count). The van der Waals surface area contributed by atoms with Gasteiger partial charge in [-0.2, -0.15) is 0 Å². The number of carbonyl (C=O) groups excluding carboxylic acids is 1. The van der Waals surface area contributed by atoms with Gasteiger partial charge in [0.2, 0.25) is 10.0 Å². The van der Waals surface area contributed by atoms with Crippen LogP contribution in [0.4, 0.5) is 4.79 Å². The van der Waals surface area contributed by atoms with Gasteiger partial charge in [-0.05, 0) is 12.8 Å². The summed E-state index contributed by atoms with van der Waals surface area (Å²) in [6, 6.07) is -0.409. The summed E-state index contributed by atoms with van der Waals surface area (Å²) in [6.45, 7) is 4.77. The Bertz CT molecular complexity index is 380. The molecule has 0 aromatic rings. The fourth-order valence-electron chi connectivity index (χ4n) is 1.76. The molecule has 2 amide bonds. The van der Waals surface area contributed by atoms with E-state index in [9.17, 15) is 13.2 Å². The van der Waals surface area contributed by atoms with Crippen LogP contribution in [0.3, 0.4) is 0 Å². The lowest BCUT2D eigenvalue weighted by molar-refractivity contribution is 0.227. The summed E-state index contributed by atoms with van der Waals surface area (Å²) in [6.07, 6.45) is 4.34. The van der Waals surface area contributed by atoms with Crippen molar-refractivity contribution in [3.8, 4) is 0 Å². The molecule has 0 bridgehead atoms. The van der Waals surface area contributed by atoms with Gasteiger partial charge in [0.05, 0.1) is 6.26 Å². The normalized spacial score (nSPS) is 21.8. The molecule has 98 valence electrons. The van der Waals surface area contributed by atoms with Gasteiger partial charge in [-0.1, -0.05) is 6.08 Å². The monoisotopic (exact) mass is 261 g/mol. The van der Waals surface area contributed by atoms with E-state index in [0.717, 1.165) is 12.8 Å². The van der Waals surface area contributed by atoms with E-state index in [1.54, 1.807) is 6.08 Å². The quantitative estimate of drug-likeness (QED) is 0.693. The number of sulfonamides is 1. The second-order valence-electron chi connectivity index (χ2n) is 4.10. The van der Waals surface area contributed by atoms with Crippen LogP contribution in [0.15, 0.2) is 12.7 Å². The van der Waals surface area contributed by atoms with Crippen LogP contribution < -0.4 is 10.6 Å². The highest BCUT2D eigenvalue weighted by molar-refractivity contribution is 7.88. The Kier molecular flexibility index (Phi) is 4.95. The van der Waals surface area contributed by atoms with Gasteiger partial charge in [0.15, 0.2) is 0 Å². The van der Waals surface area contributed by atoms with Crippen LogP contribution in [0, 0.1) is 0 Å². The van der Waals surface area contributed by atoms with Crippen molar-refractivity contribution in [3.63, 3.8) is 0 Å². The maximum Gasteiger partial charge on any atom is 0.315 e. The van der Waals surface area contributed by atoms with Crippen molar-refractivity contribution in [3.05, 3.63) is 12.7 Å². The predicted molar refractivity (Wildman–Crippen MR) is 66.2 cm³/mol. The number of nitrogens with one attached hydrogen (secondary N) is 2. The summed E-state index contributed by atoms with van der Waals surface area (Å²) in [7, 11) is -3.17. The van der Waals surface area contributed by atoms with E-state index in [-0.39, 0.29) is 12.1 Å². The second kappa shape index (κ2) is 6.02. The molecule has 17 heavy (non-hydrogen) atoms. The molecule has 0 aromatic heterocycles. The zero-order valence-electron chi connectivity index (χ0n) is 9.98. The van der Waals surface area contributed by atoms with Gasteiger partial charge in [-0.25, -0.2) is 17.5 Å². The summed E-state index contributed by atoms with van der Waals surface area (Å²) < 4.78 is 24.1. The molecule has 1 saturated heterocycles. The molecule has 2 N–H and O–H groups in total. The highest BCUT2D eigenvalue weighted by atomic mass is 32.2. The van der Waals surface area contributed by atoms with Gasteiger partial charge in [0.25, 0.3) is 0 Å². The zero-order valence-corrected chi connectivity index (χ0v) is 10.8. The number of hydrogen-bond acceptors (Lipinski definition) is 3. The number of hydrogen-bond donors (Lipinski definition) is 2. The third kappa shape index (κ3) is 4.74. The van der Waals surface area contributed by atoms with E-state index < -0.39 is 10.0 Å². The molecule has 0 saturated carbocycles. The number of piperidine rings is 1. The minimum absolute atomic E-state index is 0.122. The third-order valence-corrected chi connectivity index (χ3v) is 3.86. The van der Waals surface area contributed by atoms with Gasteiger partial charge in [-0.15, -0.1) is 6.58 Å². The first-order chi connectivity index (χ1) is 7.93. The lowest BCUT2D eigenvalue weighted by Gasteiger charge is -2.31. The Morgan fingerprint density at radius 2 is 2.29 bits per heavy atom. The molecule has 7 heteroatoms. The SMILES string of the molecule is C=CCNC(=O)NC1CCCN(S(C)(=O)=O)C1. The van der Waals surface area contributed by atoms with E-state index >= 15 is 0 Å². The summed E-state index contributed by atoms with van der Waals surface area (Å²) in [5, 5.41) is 5.35. The summed E-state index contributed by atoms with van der Waals surface area (Å²) in [5.74, 6) is 0. The molecule has 1 fully saturated rings. The van der Waals surface area contributed by atoms with Gasteiger partial charge < -0.3 is 10.6 Å². The van der Waals surface area contributed by atoms with Crippen LogP contribution in [-0.2, 0) is 10.0 Å². The minimum atomic E-state index is -3.17. The molecule has 0 spiro atoms. The molecular formula is C10H19N3O3S. The summed E-state index contributed by atoms with van der Waals surface area (Å²) in [5.41, 5.74) is 0. The fourth-order valence-corrected chi connectivity index (χ4v) is 2.67. The first-order valence-corrected chi connectivity index (χ1v) is 7.38. The van der Waals surface area contributed by atoms with Crippen molar-refractivity contribution in [2.45, 2.75) is 18.9 Å². The molecule has 1 aliphatic heterocycles. The van der Waals surface area contributed by atoms with Crippen molar-refractivity contribution in [2.75, 3.05) is 25.9 Å². The lowest BCUT2D eigenvalue weighted by Crippen LogP contribution is -2.51. The zero-order chi connectivity index (χ0) is 12.9. The molecule has 6 nitrogen and oxygen atoms in total. The van der Waals surface area contributed by atoms with Crippen LogP contribution in [0.25, 0.3) is 0 Å². The number of rotatable bonds is 4. The molecule has 1 aliphatic rings. The Morgan fingerprint density at radius 3 is 2.88 bits per heavy atom. The van der Waals surface area contributed by atoms with Crippen LogP contribution in [0.1, 0.15) is 12.8 Å². The molecule has 1 heterocycles. The highest BCUT2D eigenvalue weighted by Gasteiger charge is 2.26. The molecule has 0 radical (unpaired) electrons. The Labute approximate surface area is 102 Å². The van der Waals surface area contributed by atoms with E-state index in [0.29, 0.717) is 19.6 Å². The molecule has 1 atom stereocenters. The summed E-state index contributed by atoms with van der Waals surface area (Å²) in [4.78, 5) is 11.4. The molecule has 0 aliphatic carbocycles. The average molecular weight is 261 g/mol. The average Bonchev–Trinajstić information content (AvgIpc) is 2.25. The number of urea groups is 1. The van der Waals surface area contributed by atoms with Gasteiger partial charge in [0.1, 0.15) is 0 Å². The number of carbonyl (C=O) groups is 1. The fraction of sp³-hybridized carbons (Fsp3) is 0.700. The second-order valence-corrected chi connectivity index (χ2v) is 6.09. The van der Waals surface area contributed by atoms with Crippen molar-refractivity contribution in [2.24, 2.45) is 0 Å². The van der Waals surface area contributed by atoms with E-state index in [1.165, 1.54) is 10.6 Å². The first kappa shape index (κ1) is 14.0. The summed E-state index contributed by atoms with van der Waals surface area (Å²) >= 11 is 0. The standard InChI is InChI=1S/C10H19N3O3S/c1-3-6-11-10(14)12-9-5-4-7-13(8-9)17(2,15)16/h3,9H,1,4-8H2,2H3,(H2,11,12,14). The van der Waals surface area contributed by atoms with E-state index in [1.807, 2.05) is 0 Å². The Morgan fingerprint density at radius 1 is 1.59 bits per heavy atom. The van der Waals surface area contributed by atoms with Gasteiger partial charge >= 0.3 is 6.03 Å². The van der Waals surface area contributed by atoms with Crippen molar-refractivity contribution >= 4 is 16.1 Å². The predicted octanol–water partition coefficient (Wildman–Crippen LogP) is -0.104. The largest absolute Gasteiger partial charge is 0.335 e. The maximum absolute atomic E-state index is 11.4. The topological polar surface area (TPSA) is 78.5 Å². The van der Waals surface area contributed by atoms with Gasteiger partial charge in [0, 0.05) is 25.7 Å². The lowest BCUT2D eigenvalue weighted by atomic mass is 10.1. The first-order valence-electron chi connectivity index (χ1n) is 5.54. The number of amides is 2. The van der Waals surface area contributed by atoms with Crippen LogP contribution in [0.5, 0.6) is 0 Å². The van der Waals surface area contributed by atoms with Crippen LogP contribution in [0.2, 0.25) is 0 Å². The Hall–Kier alpha value is -1.08. The van der Waals surface area contributed by atoms with Crippen LogP contribution in [-0.4, -0.2) is 50.7 Å². The minimum Gasteiger partial charge on any atom is -0.335 e. The molecular weight excluding hydrogens is 242 g/mol. The third-order valence-electron chi connectivity index (χ3n) is 2.60. The molecule has 0 aromatic carbocycles. The van der Waals surface area contributed by atoms with Crippen molar-refractivity contribution in [1.82, 2.24) is 14.9 Å². The van der Waals surface area contributed by atoms with Gasteiger partial charge in [-0.3, -0.25) is 0 Å². The van der Waals surface area contributed by atoms with E-state index in [2.05, 4.69) is 17.2 Å².